The normalized spacial score (nSPS) is 9.75. The van der Waals surface area contributed by atoms with Crippen LogP contribution in [0.15, 0.2) is 27.9 Å². The van der Waals surface area contributed by atoms with Crippen molar-refractivity contribution in [2.45, 2.75) is 13.8 Å². The van der Waals surface area contributed by atoms with Crippen LogP contribution in [0, 0.1) is 0 Å². The van der Waals surface area contributed by atoms with E-state index in [1.807, 2.05) is 13.8 Å². The summed E-state index contributed by atoms with van der Waals surface area (Å²) in [6.07, 6.45) is 1.53. The minimum absolute atomic E-state index is 0.138. The number of ether oxygens (including phenoxy) is 4. The zero-order chi connectivity index (χ0) is 17.9. The predicted molar refractivity (Wildman–Crippen MR) is 95.1 cm³/mol. The van der Waals surface area contributed by atoms with Crippen molar-refractivity contribution >= 4 is 28.9 Å². The second-order valence-electron chi connectivity index (χ2n) is 4.68. The number of rotatable bonds is 10. The summed E-state index contributed by atoms with van der Waals surface area (Å²) < 4.78 is 22.0. The number of oxime groups is 1. The molecule has 1 aromatic rings. The van der Waals surface area contributed by atoms with Crippen LogP contribution in [0.1, 0.15) is 13.8 Å². The topological polar surface area (TPSA) is 58.5 Å². The van der Waals surface area contributed by atoms with Gasteiger partial charge < -0.3 is 23.8 Å². The number of halogens is 2. The van der Waals surface area contributed by atoms with Crippen molar-refractivity contribution in [2.75, 3.05) is 34.0 Å². The van der Waals surface area contributed by atoms with Crippen LogP contribution in [0.5, 0.6) is 23.0 Å². The Labute approximate surface area is 151 Å². The fourth-order valence-corrected chi connectivity index (χ4v) is 1.76. The van der Waals surface area contributed by atoms with Gasteiger partial charge in [0.2, 0.25) is 5.75 Å². The average Bonchev–Trinajstić information content (AvgIpc) is 2.54. The maximum atomic E-state index is 5.68. The lowest BCUT2D eigenvalue weighted by molar-refractivity contribution is 0.104. The Kier molecular flexibility index (Phi) is 9.19. The molecule has 0 spiro atoms. The molecule has 0 fully saturated rings. The minimum Gasteiger partial charge on any atom is -0.493 e. The molecule has 0 saturated heterocycles. The van der Waals surface area contributed by atoms with Gasteiger partial charge in [-0.15, -0.1) is 0 Å². The van der Waals surface area contributed by atoms with Crippen LogP contribution in [0.2, 0.25) is 0 Å². The lowest BCUT2D eigenvalue weighted by Gasteiger charge is -2.16. The second kappa shape index (κ2) is 10.9. The molecule has 24 heavy (non-hydrogen) atoms. The summed E-state index contributed by atoms with van der Waals surface area (Å²) in [5.41, 5.74) is 0.831. The highest BCUT2D eigenvalue weighted by atomic mass is 35.5. The molecule has 0 amide bonds. The van der Waals surface area contributed by atoms with E-state index in [1.54, 1.807) is 12.1 Å². The zero-order valence-electron chi connectivity index (χ0n) is 14.1. The van der Waals surface area contributed by atoms with E-state index in [4.69, 9.17) is 47.0 Å². The molecule has 0 aliphatic rings. The van der Waals surface area contributed by atoms with Gasteiger partial charge in [0.15, 0.2) is 18.1 Å². The molecule has 0 aliphatic heterocycles. The molecule has 0 aliphatic carbocycles. The first-order valence-corrected chi connectivity index (χ1v) is 7.89. The van der Waals surface area contributed by atoms with Crippen molar-refractivity contribution in [1.82, 2.24) is 0 Å². The van der Waals surface area contributed by atoms with E-state index in [1.165, 1.54) is 20.3 Å². The molecule has 0 radical (unpaired) electrons. The van der Waals surface area contributed by atoms with Crippen LogP contribution in [0.3, 0.4) is 0 Å². The number of methoxy groups -OCH3 is 2. The van der Waals surface area contributed by atoms with Gasteiger partial charge in [-0.1, -0.05) is 28.4 Å². The van der Waals surface area contributed by atoms with Gasteiger partial charge in [0.05, 0.1) is 19.9 Å². The van der Waals surface area contributed by atoms with E-state index < -0.39 is 0 Å². The van der Waals surface area contributed by atoms with Gasteiger partial charge in [-0.05, 0) is 19.9 Å². The van der Waals surface area contributed by atoms with Crippen molar-refractivity contribution in [3.05, 3.63) is 22.7 Å². The molecule has 0 bridgehead atoms. The first kappa shape index (κ1) is 20.3. The van der Waals surface area contributed by atoms with Gasteiger partial charge in [-0.2, -0.15) is 0 Å². The van der Waals surface area contributed by atoms with E-state index in [-0.39, 0.29) is 17.7 Å². The van der Waals surface area contributed by atoms with Gasteiger partial charge in [0, 0.05) is 12.1 Å². The molecule has 0 aromatic heterocycles. The van der Waals surface area contributed by atoms with E-state index >= 15 is 0 Å². The molecule has 8 heteroatoms. The fourth-order valence-electron chi connectivity index (χ4n) is 1.64. The summed E-state index contributed by atoms with van der Waals surface area (Å²) in [6, 6.07) is 3.37. The lowest BCUT2D eigenvalue weighted by Crippen LogP contribution is -2.07. The number of benzene rings is 1. The Balaban J connectivity index is 2.79. The molecule has 6 nitrogen and oxygen atoms in total. The Bertz CT molecular complexity index is 557. The zero-order valence-corrected chi connectivity index (χ0v) is 15.6. The van der Waals surface area contributed by atoms with Gasteiger partial charge in [-0.25, -0.2) is 0 Å². The van der Waals surface area contributed by atoms with Crippen molar-refractivity contribution in [1.29, 1.82) is 0 Å². The highest BCUT2D eigenvalue weighted by Crippen LogP contribution is 2.41. The van der Waals surface area contributed by atoms with Crippen molar-refractivity contribution in [3.63, 3.8) is 0 Å². The van der Waals surface area contributed by atoms with E-state index in [9.17, 15) is 0 Å². The summed E-state index contributed by atoms with van der Waals surface area (Å²) in [4.78, 5) is 5.09. The lowest BCUT2D eigenvalue weighted by atomic mass is 10.2. The summed E-state index contributed by atoms with van der Waals surface area (Å²) >= 11 is 11.1. The summed E-state index contributed by atoms with van der Waals surface area (Å²) in [6.45, 7) is 4.50. The Morgan fingerprint density at radius 1 is 1.04 bits per heavy atom. The Hall–Kier alpha value is -1.79. The summed E-state index contributed by atoms with van der Waals surface area (Å²) in [7, 11) is 3.06. The van der Waals surface area contributed by atoms with E-state index in [0.717, 1.165) is 5.71 Å². The molecule has 1 aromatic carbocycles. The second-order valence-corrected chi connectivity index (χ2v) is 5.69. The van der Waals surface area contributed by atoms with Crippen LogP contribution < -0.4 is 18.9 Å². The van der Waals surface area contributed by atoms with Gasteiger partial charge in [0.1, 0.15) is 23.5 Å². The monoisotopic (exact) mass is 377 g/mol. The first-order chi connectivity index (χ1) is 11.5. The van der Waals surface area contributed by atoms with E-state index in [2.05, 4.69) is 5.16 Å². The maximum Gasteiger partial charge on any atom is 0.203 e. The predicted octanol–water partition coefficient (Wildman–Crippen LogP) is 4.19. The molecule has 134 valence electrons. The summed E-state index contributed by atoms with van der Waals surface area (Å²) in [5, 5.41) is 3.83. The third-order valence-corrected chi connectivity index (χ3v) is 2.90. The van der Waals surface area contributed by atoms with Crippen molar-refractivity contribution in [3.8, 4) is 23.0 Å². The number of hydrogen-bond donors (Lipinski definition) is 0. The number of hydrogen-bond acceptors (Lipinski definition) is 6. The number of nitrogens with zero attached hydrogens (tertiary/aromatic N) is 1. The fraction of sp³-hybridized carbons (Fsp3) is 0.438. The van der Waals surface area contributed by atoms with Crippen LogP contribution in [0.4, 0.5) is 0 Å². The van der Waals surface area contributed by atoms with Gasteiger partial charge >= 0.3 is 0 Å². The molecular weight excluding hydrogens is 357 g/mol. The summed E-state index contributed by atoms with van der Waals surface area (Å²) in [5.74, 6) is 1.93. The molecule has 0 atom stereocenters. The van der Waals surface area contributed by atoms with Crippen molar-refractivity contribution in [2.24, 2.45) is 5.16 Å². The van der Waals surface area contributed by atoms with Crippen molar-refractivity contribution < 1.29 is 23.8 Å². The highest BCUT2D eigenvalue weighted by Gasteiger charge is 2.15. The molecule has 0 N–H and O–H groups in total. The standard InChI is InChI=1S/C16H21Cl2NO5/c1-11(2)19-24-8-7-23-16-13(20-3)9-12(10-14(16)21-4)22-6-5-15(17)18/h5,9-10H,6-8H2,1-4H3. The molecule has 0 heterocycles. The van der Waals surface area contributed by atoms with Gasteiger partial charge in [0.25, 0.3) is 0 Å². The quantitative estimate of drug-likeness (QED) is 0.347. The Morgan fingerprint density at radius 2 is 1.67 bits per heavy atom. The van der Waals surface area contributed by atoms with E-state index in [0.29, 0.717) is 29.6 Å². The smallest absolute Gasteiger partial charge is 0.203 e. The minimum atomic E-state index is 0.138. The maximum absolute atomic E-state index is 5.68. The Morgan fingerprint density at radius 3 is 2.17 bits per heavy atom. The average molecular weight is 378 g/mol. The highest BCUT2D eigenvalue weighted by molar-refractivity contribution is 6.55. The van der Waals surface area contributed by atoms with Crippen LogP contribution >= 0.6 is 23.2 Å². The van der Waals surface area contributed by atoms with Crippen LogP contribution in [-0.2, 0) is 4.84 Å². The largest absolute Gasteiger partial charge is 0.493 e. The van der Waals surface area contributed by atoms with Gasteiger partial charge in [-0.3, -0.25) is 0 Å². The SMILES string of the molecule is COc1cc(OCC=C(Cl)Cl)cc(OC)c1OCCON=C(C)C. The third-order valence-electron chi connectivity index (χ3n) is 2.59. The molecule has 0 saturated carbocycles. The third kappa shape index (κ3) is 7.19. The molecular formula is C16H21Cl2NO5. The van der Waals surface area contributed by atoms with Crippen LogP contribution in [-0.4, -0.2) is 39.8 Å². The molecule has 0 unspecified atom stereocenters. The first-order valence-electron chi connectivity index (χ1n) is 7.13. The van der Waals surface area contributed by atoms with Crippen LogP contribution in [0.25, 0.3) is 0 Å². The molecule has 1 rings (SSSR count).